The molecular formula is C11H20F3N. The van der Waals surface area contributed by atoms with Gasteiger partial charge in [0.15, 0.2) is 0 Å². The van der Waals surface area contributed by atoms with Gasteiger partial charge in [0.1, 0.15) is 0 Å². The highest BCUT2D eigenvalue weighted by atomic mass is 19.4. The van der Waals surface area contributed by atoms with Gasteiger partial charge in [0.25, 0.3) is 0 Å². The third kappa shape index (κ3) is 9.79. The van der Waals surface area contributed by atoms with Crippen LogP contribution in [0, 0.1) is 0 Å². The van der Waals surface area contributed by atoms with Crippen LogP contribution in [0.25, 0.3) is 0 Å². The van der Waals surface area contributed by atoms with Crippen molar-refractivity contribution in [1.29, 1.82) is 0 Å². The number of allylic oxidation sites excluding steroid dienone is 1. The fourth-order valence-electron chi connectivity index (χ4n) is 1.40. The summed E-state index contributed by atoms with van der Waals surface area (Å²) >= 11 is 0. The second-order valence-corrected chi connectivity index (χ2v) is 3.90. The van der Waals surface area contributed by atoms with Gasteiger partial charge in [0.05, 0.1) is 0 Å². The van der Waals surface area contributed by atoms with E-state index in [0.29, 0.717) is 6.54 Å². The van der Waals surface area contributed by atoms with E-state index < -0.39 is 12.6 Å². The lowest BCUT2D eigenvalue weighted by Gasteiger charge is -2.18. The van der Waals surface area contributed by atoms with Crippen LogP contribution in [-0.4, -0.2) is 18.8 Å². The number of nitrogens with one attached hydrogen (secondary N) is 1. The summed E-state index contributed by atoms with van der Waals surface area (Å²) < 4.78 is 36.0. The van der Waals surface area contributed by atoms with Gasteiger partial charge in [-0.3, -0.25) is 0 Å². The first kappa shape index (κ1) is 14.5. The molecule has 0 bridgehead atoms. The van der Waals surface area contributed by atoms with Gasteiger partial charge in [-0.25, -0.2) is 0 Å². The molecule has 15 heavy (non-hydrogen) atoms. The highest BCUT2D eigenvalue weighted by Crippen LogP contribution is 2.23. The molecule has 0 aromatic rings. The van der Waals surface area contributed by atoms with Crippen molar-refractivity contribution in [3.63, 3.8) is 0 Å². The van der Waals surface area contributed by atoms with Crippen LogP contribution in [0.5, 0.6) is 0 Å². The average Bonchev–Trinajstić information content (AvgIpc) is 2.08. The first-order valence-electron chi connectivity index (χ1n) is 5.29. The molecule has 0 aliphatic carbocycles. The van der Waals surface area contributed by atoms with E-state index in [1.807, 2.05) is 13.8 Å². The average molecular weight is 223 g/mol. The van der Waals surface area contributed by atoms with Gasteiger partial charge in [-0.1, -0.05) is 12.5 Å². The van der Waals surface area contributed by atoms with Crippen LogP contribution in [0.15, 0.2) is 12.2 Å². The van der Waals surface area contributed by atoms with Crippen LogP contribution in [0.1, 0.15) is 39.5 Å². The zero-order valence-electron chi connectivity index (χ0n) is 9.45. The molecule has 90 valence electrons. The fourth-order valence-corrected chi connectivity index (χ4v) is 1.40. The van der Waals surface area contributed by atoms with Gasteiger partial charge in [-0.05, 0) is 32.7 Å². The predicted octanol–water partition coefficient (Wildman–Crippen LogP) is 3.66. The van der Waals surface area contributed by atoms with Crippen LogP contribution in [-0.2, 0) is 0 Å². The van der Waals surface area contributed by atoms with Crippen molar-refractivity contribution in [2.45, 2.75) is 51.7 Å². The van der Waals surface area contributed by atoms with Crippen LogP contribution in [0.4, 0.5) is 13.2 Å². The van der Waals surface area contributed by atoms with Gasteiger partial charge in [0.2, 0.25) is 0 Å². The number of hydrogen-bond donors (Lipinski definition) is 1. The summed E-state index contributed by atoms with van der Waals surface area (Å²) in [5.41, 5.74) is 1.02. The molecular weight excluding hydrogens is 203 g/mol. The Morgan fingerprint density at radius 2 is 1.93 bits per heavy atom. The van der Waals surface area contributed by atoms with Crippen LogP contribution in [0.3, 0.4) is 0 Å². The summed E-state index contributed by atoms with van der Waals surface area (Å²) in [4.78, 5) is 0. The maximum Gasteiger partial charge on any atom is 0.389 e. The third-order valence-electron chi connectivity index (χ3n) is 2.19. The number of halogens is 3. The monoisotopic (exact) mass is 223 g/mol. The molecule has 0 heterocycles. The van der Waals surface area contributed by atoms with Crippen molar-refractivity contribution in [2.75, 3.05) is 6.54 Å². The van der Waals surface area contributed by atoms with Gasteiger partial charge in [-0.15, -0.1) is 6.58 Å². The van der Waals surface area contributed by atoms with Gasteiger partial charge in [-0.2, -0.15) is 13.2 Å². The molecule has 1 nitrogen and oxygen atoms in total. The molecule has 0 aliphatic rings. The summed E-state index contributed by atoms with van der Waals surface area (Å²) in [5.74, 6) is 0. The number of rotatable bonds is 7. The van der Waals surface area contributed by atoms with Crippen molar-refractivity contribution in [3.05, 3.63) is 12.2 Å². The molecule has 0 spiro atoms. The molecule has 0 saturated carbocycles. The quantitative estimate of drug-likeness (QED) is 0.649. The zero-order chi connectivity index (χ0) is 11.9. The topological polar surface area (TPSA) is 12.0 Å². The number of hydrogen-bond acceptors (Lipinski definition) is 1. The summed E-state index contributed by atoms with van der Waals surface area (Å²) in [6.07, 6.45) is -3.07. The van der Waals surface area contributed by atoms with Gasteiger partial charge in [0, 0.05) is 12.5 Å². The molecule has 4 heteroatoms. The largest absolute Gasteiger partial charge is 0.389 e. The Balaban J connectivity index is 3.87. The Hall–Kier alpha value is -0.510. The van der Waals surface area contributed by atoms with E-state index in [1.54, 1.807) is 0 Å². The van der Waals surface area contributed by atoms with Crippen molar-refractivity contribution in [1.82, 2.24) is 5.32 Å². The smallest absolute Gasteiger partial charge is 0.314 e. The predicted molar refractivity (Wildman–Crippen MR) is 56.8 cm³/mol. The summed E-state index contributed by atoms with van der Waals surface area (Å²) in [7, 11) is 0. The molecule has 0 saturated heterocycles. The second kappa shape index (κ2) is 6.88. The maximum atomic E-state index is 12.0. The van der Waals surface area contributed by atoms with Crippen LogP contribution in [0.2, 0.25) is 0 Å². The second-order valence-electron chi connectivity index (χ2n) is 3.90. The Kier molecular flexibility index (Phi) is 6.65. The van der Waals surface area contributed by atoms with E-state index in [-0.39, 0.29) is 12.5 Å². The van der Waals surface area contributed by atoms with Crippen molar-refractivity contribution >= 4 is 0 Å². The molecule has 0 amide bonds. The van der Waals surface area contributed by atoms with Gasteiger partial charge < -0.3 is 5.32 Å². The lowest BCUT2D eigenvalue weighted by molar-refractivity contribution is -0.136. The summed E-state index contributed by atoms with van der Waals surface area (Å²) in [6.45, 7) is 8.25. The van der Waals surface area contributed by atoms with E-state index in [1.165, 1.54) is 0 Å². The van der Waals surface area contributed by atoms with E-state index in [9.17, 15) is 13.2 Å². The molecule has 0 aliphatic heterocycles. The standard InChI is InChI=1S/C11H20F3N/c1-4-15-10(6-5-9(2)3)7-8-11(12,13)14/h10,15H,2,4-8H2,1,3H3. The minimum atomic E-state index is -4.04. The van der Waals surface area contributed by atoms with Crippen molar-refractivity contribution in [3.8, 4) is 0 Å². The molecule has 1 N–H and O–H groups in total. The van der Waals surface area contributed by atoms with E-state index in [2.05, 4.69) is 11.9 Å². The highest BCUT2D eigenvalue weighted by molar-refractivity contribution is 4.89. The van der Waals surface area contributed by atoms with Crippen LogP contribution < -0.4 is 5.32 Å². The van der Waals surface area contributed by atoms with E-state index >= 15 is 0 Å². The van der Waals surface area contributed by atoms with Crippen molar-refractivity contribution < 1.29 is 13.2 Å². The van der Waals surface area contributed by atoms with Gasteiger partial charge >= 0.3 is 6.18 Å². The zero-order valence-corrected chi connectivity index (χ0v) is 9.45. The summed E-state index contributed by atoms with van der Waals surface area (Å²) in [6, 6.07) is -0.0478. The molecule has 0 rings (SSSR count). The lowest BCUT2D eigenvalue weighted by Crippen LogP contribution is -2.30. The van der Waals surface area contributed by atoms with Crippen molar-refractivity contribution in [2.24, 2.45) is 0 Å². The normalized spacial score (nSPS) is 13.9. The molecule has 0 aromatic heterocycles. The minimum Gasteiger partial charge on any atom is -0.314 e. The highest BCUT2D eigenvalue weighted by Gasteiger charge is 2.27. The van der Waals surface area contributed by atoms with E-state index in [0.717, 1.165) is 18.4 Å². The Morgan fingerprint density at radius 1 is 1.33 bits per heavy atom. The van der Waals surface area contributed by atoms with Crippen LogP contribution >= 0.6 is 0 Å². The summed E-state index contributed by atoms with van der Waals surface area (Å²) in [5, 5.41) is 3.07. The minimum absolute atomic E-state index is 0.0478. The molecule has 1 atom stereocenters. The Bertz CT molecular complexity index is 187. The molecule has 0 aromatic carbocycles. The molecule has 1 unspecified atom stereocenters. The maximum absolute atomic E-state index is 12.0. The lowest BCUT2D eigenvalue weighted by atomic mass is 10.0. The Labute approximate surface area is 89.7 Å². The third-order valence-corrected chi connectivity index (χ3v) is 2.19. The molecule has 0 radical (unpaired) electrons. The number of alkyl halides is 3. The fraction of sp³-hybridized carbons (Fsp3) is 0.818. The molecule has 0 fully saturated rings. The Morgan fingerprint density at radius 3 is 2.33 bits per heavy atom. The SMILES string of the molecule is C=C(C)CCC(CCC(F)(F)F)NCC. The van der Waals surface area contributed by atoms with E-state index in [4.69, 9.17) is 0 Å². The first-order valence-corrected chi connectivity index (χ1v) is 5.29. The first-order chi connectivity index (χ1) is 6.85.